The molecule has 0 spiro atoms. The maximum Gasteiger partial charge on any atom is 0.417 e. The molecule has 2 rings (SSSR count). The molecule has 1 aromatic heterocycles. The number of alkyl halides is 6. The van der Waals surface area contributed by atoms with Crippen LogP contribution in [-0.2, 0) is 12.4 Å². The molecule has 1 aromatic carbocycles. The summed E-state index contributed by atoms with van der Waals surface area (Å²) in [5.41, 5.74) is -2.58. The highest BCUT2D eigenvalue weighted by atomic mass is 19.4. The molecule has 1 heterocycles. The molecule has 0 saturated carbocycles. The lowest BCUT2D eigenvalue weighted by atomic mass is 9.99. The molecular weight excluding hydrogens is 380 g/mol. The number of rotatable bonds is 2. The number of halogens is 6. The van der Waals surface area contributed by atoms with Crippen LogP contribution in [0, 0.1) is 10.1 Å². The van der Waals surface area contributed by atoms with Crippen LogP contribution >= 0.6 is 0 Å². The lowest BCUT2D eigenvalue weighted by Gasteiger charge is -2.18. The van der Waals surface area contributed by atoms with E-state index in [2.05, 4.69) is 5.11 Å². The Labute approximate surface area is 136 Å². The Morgan fingerprint density at radius 2 is 1.81 bits per heavy atom. The Balaban J connectivity index is 3.28. The number of aromatic hydroxyl groups is 1. The van der Waals surface area contributed by atoms with E-state index >= 15 is 0 Å². The van der Waals surface area contributed by atoms with Gasteiger partial charge in [-0.1, -0.05) is 5.11 Å². The Kier molecular flexibility index (Phi) is 4.21. The van der Waals surface area contributed by atoms with Crippen molar-refractivity contribution in [1.82, 2.24) is 4.98 Å². The third-order valence-corrected chi connectivity index (χ3v) is 3.14. The number of nitro groups is 1. The van der Waals surface area contributed by atoms with E-state index in [9.17, 15) is 46.4 Å². The third kappa shape index (κ3) is 2.95. The highest BCUT2D eigenvalue weighted by Gasteiger charge is 2.44. The highest BCUT2D eigenvalue weighted by Crippen LogP contribution is 2.50. The predicted molar refractivity (Wildman–Crippen MR) is 71.7 cm³/mol. The maximum absolute atomic E-state index is 13.4. The van der Waals surface area contributed by atoms with Gasteiger partial charge in [-0.25, -0.2) is 0 Å². The first-order chi connectivity index (χ1) is 11.8. The standard InChI is InChI=1S/C11H3F6N5O4/c12-10(13,14)2-1-3-4(5(11(15,16)17)6(2)20-21-18)8(23)7(22(25)26)9(24)19-3/h1H,(H2,19,23,24). The van der Waals surface area contributed by atoms with Crippen LogP contribution in [0.1, 0.15) is 11.1 Å². The van der Waals surface area contributed by atoms with Crippen LogP contribution in [0.25, 0.3) is 21.3 Å². The quantitative estimate of drug-likeness (QED) is 0.201. The summed E-state index contributed by atoms with van der Waals surface area (Å²) in [5, 5.41) is 21.4. The molecule has 0 saturated heterocycles. The second kappa shape index (κ2) is 5.80. The molecule has 2 N–H and O–H groups in total. The number of azide groups is 1. The Hall–Kier alpha value is -3.48. The average molecular weight is 383 g/mol. The van der Waals surface area contributed by atoms with Gasteiger partial charge in [0.2, 0.25) is 5.75 Å². The zero-order valence-electron chi connectivity index (χ0n) is 11.8. The van der Waals surface area contributed by atoms with Crippen molar-refractivity contribution in [2.45, 2.75) is 12.4 Å². The normalized spacial score (nSPS) is 12.1. The Bertz CT molecular complexity index is 1030. The average Bonchev–Trinajstić information content (AvgIpc) is 2.44. The van der Waals surface area contributed by atoms with Gasteiger partial charge in [0.25, 0.3) is 0 Å². The van der Waals surface area contributed by atoms with Crippen molar-refractivity contribution < 1.29 is 36.4 Å². The van der Waals surface area contributed by atoms with E-state index in [4.69, 9.17) is 5.53 Å². The molecule has 15 heteroatoms. The van der Waals surface area contributed by atoms with Crippen LogP contribution in [0.4, 0.5) is 37.7 Å². The van der Waals surface area contributed by atoms with E-state index in [-0.39, 0.29) is 6.07 Å². The van der Waals surface area contributed by atoms with E-state index in [1.807, 2.05) is 4.91 Å². The number of H-pyrrole nitrogens is 1. The van der Waals surface area contributed by atoms with Crippen LogP contribution in [0.2, 0.25) is 0 Å². The molecule has 0 fully saturated rings. The van der Waals surface area contributed by atoms with Crippen LogP contribution in [-0.4, -0.2) is 15.0 Å². The number of nitrogens with zero attached hydrogens (tertiary/aromatic N) is 4. The van der Waals surface area contributed by atoms with Crippen LogP contribution < -0.4 is 5.56 Å². The predicted octanol–water partition coefficient (Wildman–Crippen LogP) is 4.12. The fourth-order valence-corrected chi connectivity index (χ4v) is 2.23. The Morgan fingerprint density at radius 3 is 2.23 bits per heavy atom. The maximum atomic E-state index is 13.4. The van der Waals surface area contributed by atoms with Crippen LogP contribution in [0.5, 0.6) is 5.75 Å². The number of aromatic amines is 1. The first kappa shape index (κ1) is 18.9. The second-order valence-electron chi connectivity index (χ2n) is 4.66. The molecule has 138 valence electrons. The van der Waals surface area contributed by atoms with Gasteiger partial charge in [0.15, 0.2) is 0 Å². The van der Waals surface area contributed by atoms with E-state index in [0.717, 1.165) is 0 Å². The van der Waals surface area contributed by atoms with Gasteiger partial charge in [-0.3, -0.25) is 14.9 Å². The van der Waals surface area contributed by atoms with E-state index in [1.54, 1.807) is 0 Å². The summed E-state index contributed by atoms with van der Waals surface area (Å²) in [7, 11) is 0. The summed E-state index contributed by atoms with van der Waals surface area (Å²) in [4.78, 5) is 24.2. The van der Waals surface area contributed by atoms with E-state index in [0.29, 0.717) is 0 Å². The van der Waals surface area contributed by atoms with Crippen molar-refractivity contribution in [3.05, 3.63) is 48.1 Å². The number of fused-ring (bicyclic) bond motifs is 1. The van der Waals surface area contributed by atoms with Crippen molar-refractivity contribution in [3.8, 4) is 5.75 Å². The number of hydrogen-bond acceptors (Lipinski definition) is 5. The molecule has 9 nitrogen and oxygen atoms in total. The first-order valence-corrected chi connectivity index (χ1v) is 6.10. The molecule has 0 unspecified atom stereocenters. The van der Waals surface area contributed by atoms with E-state index in [1.165, 1.54) is 4.98 Å². The molecule has 0 aliphatic heterocycles. The summed E-state index contributed by atoms with van der Waals surface area (Å²) < 4.78 is 79.3. The minimum Gasteiger partial charge on any atom is -0.501 e. The van der Waals surface area contributed by atoms with Gasteiger partial charge in [0.1, 0.15) is 0 Å². The topological polar surface area (TPSA) is 145 Å². The van der Waals surface area contributed by atoms with Crippen molar-refractivity contribution >= 4 is 22.3 Å². The van der Waals surface area contributed by atoms with Crippen molar-refractivity contribution in [3.63, 3.8) is 0 Å². The SMILES string of the molecule is [N-]=[N+]=Nc1c(C(F)(F)F)cc2[nH]c(=O)c([N+](=O)[O-])c(O)c2c1C(F)(F)F. The molecule has 26 heavy (non-hydrogen) atoms. The molecule has 0 radical (unpaired) electrons. The molecule has 2 aromatic rings. The number of aromatic nitrogens is 1. The molecule has 0 bridgehead atoms. The molecular formula is C11H3F6N5O4. The number of benzene rings is 1. The van der Waals surface area contributed by atoms with Crippen molar-refractivity contribution in [1.29, 1.82) is 0 Å². The van der Waals surface area contributed by atoms with Crippen molar-refractivity contribution in [2.75, 3.05) is 0 Å². The molecule has 0 atom stereocenters. The van der Waals surface area contributed by atoms with Crippen LogP contribution in [0.3, 0.4) is 0 Å². The Morgan fingerprint density at radius 1 is 1.23 bits per heavy atom. The summed E-state index contributed by atoms with van der Waals surface area (Å²) in [6, 6.07) is -0.0283. The van der Waals surface area contributed by atoms with Gasteiger partial charge in [-0.15, -0.1) is 0 Å². The molecule has 0 aliphatic rings. The zero-order chi connectivity index (χ0) is 20.0. The smallest absolute Gasteiger partial charge is 0.417 e. The minimum absolute atomic E-state index is 0.0283. The number of pyridine rings is 1. The van der Waals surface area contributed by atoms with Gasteiger partial charge < -0.3 is 10.1 Å². The van der Waals surface area contributed by atoms with Gasteiger partial charge in [-0.2, -0.15) is 26.3 Å². The fraction of sp³-hybridized carbons (Fsp3) is 0.182. The molecule has 0 aliphatic carbocycles. The first-order valence-electron chi connectivity index (χ1n) is 6.10. The van der Waals surface area contributed by atoms with Gasteiger partial charge in [0, 0.05) is 4.91 Å². The lowest BCUT2D eigenvalue weighted by molar-refractivity contribution is -0.387. The van der Waals surface area contributed by atoms with Gasteiger partial charge in [0.05, 0.1) is 32.6 Å². The summed E-state index contributed by atoms with van der Waals surface area (Å²) in [5.74, 6) is -1.82. The van der Waals surface area contributed by atoms with E-state index < -0.39 is 62.0 Å². The largest absolute Gasteiger partial charge is 0.501 e. The summed E-state index contributed by atoms with van der Waals surface area (Å²) >= 11 is 0. The monoisotopic (exact) mass is 383 g/mol. The number of nitrogens with one attached hydrogen (secondary N) is 1. The minimum atomic E-state index is -5.63. The van der Waals surface area contributed by atoms with Crippen molar-refractivity contribution in [2.24, 2.45) is 5.11 Å². The second-order valence-corrected chi connectivity index (χ2v) is 4.66. The summed E-state index contributed by atoms with van der Waals surface area (Å²) in [6.07, 6.45) is -11.1. The third-order valence-electron chi connectivity index (χ3n) is 3.14. The van der Waals surface area contributed by atoms with Crippen LogP contribution in [0.15, 0.2) is 16.0 Å². The fourth-order valence-electron chi connectivity index (χ4n) is 2.23. The highest BCUT2D eigenvalue weighted by molar-refractivity contribution is 5.96. The molecule has 0 amide bonds. The summed E-state index contributed by atoms with van der Waals surface area (Å²) in [6.45, 7) is 0. The van der Waals surface area contributed by atoms with Gasteiger partial charge >= 0.3 is 23.6 Å². The lowest BCUT2D eigenvalue weighted by Crippen LogP contribution is -2.17. The number of hydrogen-bond donors (Lipinski definition) is 2. The zero-order valence-corrected chi connectivity index (χ0v) is 11.8. The van der Waals surface area contributed by atoms with Gasteiger partial charge in [-0.05, 0) is 11.6 Å².